The van der Waals surface area contributed by atoms with Crippen molar-refractivity contribution in [2.75, 3.05) is 5.73 Å². The van der Waals surface area contributed by atoms with E-state index in [0.717, 1.165) is 16.7 Å². The second-order valence-electron chi connectivity index (χ2n) is 5.52. The molecule has 5 nitrogen and oxygen atoms in total. The number of nitriles is 1. The predicted octanol–water partition coefficient (Wildman–Crippen LogP) is 3.27. The highest BCUT2D eigenvalue weighted by Crippen LogP contribution is 2.35. The van der Waals surface area contributed by atoms with Gasteiger partial charge in [-0.25, -0.2) is 4.52 Å². The lowest BCUT2D eigenvalue weighted by molar-refractivity contribution is 0.101. The van der Waals surface area contributed by atoms with Crippen LogP contribution in [0, 0.1) is 25.2 Å². The zero-order valence-corrected chi connectivity index (χ0v) is 13.2. The van der Waals surface area contributed by atoms with E-state index in [9.17, 15) is 10.1 Å². The summed E-state index contributed by atoms with van der Waals surface area (Å²) < 4.78 is 1.51. The quantitative estimate of drug-likeness (QED) is 0.736. The lowest BCUT2D eigenvalue weighted by Crippen LogP contribution is -2.07. The lowest BCUT2D eigenvalue weighted by atomic mass is 9.94. The van der Waals surface area contributed by atoms with Gasteiger partial charge in [-0.2, -0.15) is 10.4 Å². The first-order valence-electron chi connectivity index (χ1n) is 7.25. The largest absolute Gasteiger partial charge is 0.383 e. The molecule has 3 aromatic rings. The number of aromatic nitrogens is 2. The molecule has 0 spiro atoms. The third-order valence-electron chi connectivity index (χ3n) is 4.05. The Morgan fingerprint density at radius 3 is 2.48 bits per heavy atom. The van der Waals surface area contributed by atoms with Crippen LogP contribution < -0.4 is 5.73 Å². The fourth-order valence-electron chi connectivity index (χ4n) is 3.09. The number of pyridine rings is 1. The molecule has 0 bridgehead atoms. The van der Waals surface area contributed by atoms with E-state index >= 15 is 0 Å². The normalized spacial score (nSPS) is 10.7. The monoisotopic (exact) mass is 304 g/mol. The molecule has 0 unspecified atom stereocenters. The van der Waals surface area contributed by atoms with Crippen LogP contribution in [0.4, 0.5) is 5.82 Å². The molecular weight excluding hydrogens is 288 g/mol. The molecule has 23 heavy (non-hydrogen) atoms. The Hall–Kier alpha value is -3.13. The minimum absolute atomic E-state index is 0.0660. The number of ketones is 1. The summed E-state index contributed by atoms with van der Waals surface area (Å²) in [6.07, 6.45) is 0. The van der Waals surface area contributed by atoms with Gasteiger partial charge in [0.05, 0.1) is 16.8 Å². The zero-order valence-electron chi connectivity index (χ0n) is 13.2. The van der Waals surface area contributed by atoms with E-state index in [1.807, 2.05) is 37.3 Å². The Bertz CT molecular complexity index is 978. The predicted molar refractivity (Wildman–Crippen MR) is 89.2 cm³/mol. The Kier molecular flexibility index (Phi) is 3.38. The van der Waals surface area contributed by atoms with Gasteiger partial charge in [0.2, 0.25) is 0 Å². The van der Waals surface area contributed by atoms with Crippen LogP contribution in [0.1, 0.15) is 34.1 Å². The summed E-state index contributed by atoms with van der Waals surface area (Å²) in [4.78, 5) is 12.0. The van der Waals surface area contributed by atoms with E-state index in [1.165, 1.54) is 11.4 Å². The van der Waals surface area contributed by atoms with Crippen LogP contribution in [0.15, 0.2) is 30.3 Å². The fraction of sp³-hybridized carbons (Fsp3) is 0.167. The number of hydrogen-bond acceptors (Lipinski definition) is 4. The Balaban J connectivity index is 2.55. The maximum atomic E-state index is 12.0. The highest BCUT2D eigenvalue weighted by Gasteiger charge is 2.23. The molecule has 0 saturated heterocycles. The summed E-state index contributed by atoms with van der Waals surface area (Å²) in [5.41, 5.74) is 10.9. The van der Waals surface area contributed by atoms with Crippen molar-refractivity contribution in [3.05, 3.63) is 52.7 Å². The smallest absolute Gasteiger partial charge is 0.163 e. The van der Waals surface area contributed by atoms with Gasteiger partial charge in [-0.1, -0.05) is 30.3 Å². The molecule has 2 heterocycles. The zero-order chi connectivity index (χ0) is 16.7. The Morgan fingerprint density at radius 1 is 1.26 bits per heavy atom. The molecule has 0 fully saturated rings. The fourth-order valence-corrected chi connectivity index (χ4v) is 3.09. The van der Waals surface area contributed by atoms with Crippen molar-refractivity contribution in [3.63, 3.8) is 0 Å². The summed E-state index contributed by atoms with van der Waals surface area (Å²) in [7, 11) is 0. The van der Waals surface area contributed by atoms with Crippen LogP contribution in [0.5, 0.6) is 0 Å². The summed E-state index contributed by atoms with van der Waals surface area (Å²) in [6.45, 7) is 5.18. The molecule has 5 heteroatoms. The number of nitrogens with zero attached hydrogens (tertiary/aromatic N) is 3. The van der Waals surface area contributed by atoms with Gasteiger partial charge in [-0.3, -0.25) is 4.79 Å². The number of nitrogens with two attached hydrogens (primary N) is 1. The number of rotatable bonds is 2. The number of aryl methyl sites for hydroxylation is 2. The molecule has 0 saturated carbocycles. The van der Waals surface area contributed by atoms with Crippen LogP contribution in [0.25, 0.3) is 16.6 Å². The number of nitrogen functional groups attached to an aromatic ring is 1. The lowest BCUT2D eigenvalue weighted by Gasteiger charge is -2.14. The van der Waals surface area contributed by atoms with Crippen LogP contribution >= 0.6 is 0 Å². The third-order valence-corrected chi connectivity index (χ3v) is 4.05. The van der Waals surface area contributed by atoms with Crippen LogP contribution in [-0.2, 0) is 0 Å². The topological polar surface area (TPSA) is 84.2 Å². The van der Waals surface area contributed by atoms with E-state index in [1.54, 1.807) is 6.92 Å². The van der Waals surface area contributed by atoms with Crippen LogP contribution in [0.2, 0.25) is 0 Å². The van der Waals surface area contributed by atoms with Gasteiger partial charge >= 0.3 is 0 Å². The molecule has 3 rings (SSSR count). The van der Waals surface area contributed by atoms with Gasteiger partial charge in [0, 0.05) is 5.56 Å². The van der Waals surface area contributed by atoms with Crippen molar-refractivity contribution in [3.8, 4) is 17.2 Å². The Morgan fingerprint density at radius 2 is 1.91 bits per heavy atom. The number of carbonyl (C=O) groups excluding carboxylic acids is 1. The number of anilines is 1. The average molecular weight is 304 g/mol. The summed E-state index contributed by atoms with van der Waals surface area (Å²) in [5.74, 6) is 0.186. The van der Waals surface area contributed by atoms with E-state index in [-0.39, 0.29) is 11.6 Å². The van der Waals surface area contributed by atoms with Crippen molar-refractivity contribution < 1.29 is 4.79 Å². The van der Waals surface area contributed by atoms with E-state index in [2.05, 4.69) is 11.2 Å². The molecule has 114 valence electrons. The first-order valence-corrected chi connectivity index (χ1v) is 7.25. The summed E-state index contributed by atoms with van der Waals surface area (Å²) >= 11 is 0. The molecule has 1 aromatic carbocycles. The maximum absolute atomic E-state index is 12.0. The molecule has 2 N–H and O–H groups in total. The molecule has 0 radical (unpaired) electrons. The first kappa shape index (κ1) is 14.8. The highest BCUT2D eigenvalue weighted by atomic mass is 16.1. The summed E-state index contributed by atoms with van der Waals surface area (Å²) in [5, 5.41) is 13.9. The number of hydrogen-bond donors (Lipinski definition) is 1. The van der Waals surface area contributed by atoms with Crippen LogP contribution in [-0.4, -0.2) is 15.4 Å². The number of fused-ring (bicyclic) bond motifs is 1. The van der Waals surface area contributed by atoms with Crippen molar-refractivity contribution in [1.82, 2.24) is 9.61 Å². The van der Waals surface area contributed by atoms with E-state index < -0.39 is 0 Å². The van der Waals surface area contributed by atoms with E-state index in [0.29, 0.717) is 22.3 Å². The average Bonchev–Trinajstić information content (AvgIpc) is 2.89. The Labute approximate surface area is 134 Å². The second kappa shape index (κ2) is 5.25. The van der Waals surface area contributed by atoms with Gasteiger partial charge in [0.25, 0.3) is 0 Å². The standard InChI is InChI=1S/C18H16N4O/c1-10-15(13-7-5-4-6-8-13)14(9-19)18(20)22-17(10)16(12(3)23)11(2)21-22/h4-8H,20H2,1-3H3. The summed E-state index contributed by atoms with van der Waals surface area (Å²) in [6, 6.07) is 11.8. The SMILES string of the molecule is CC(=O)c1c(C)nn2c(N)c(C#N)c(-c3ccccc3)c(C)c12. The maximum Gasteiger partial charge on any atom is 0.163 e. The third kappa shape index (κ3) is 2.08. The van der Waals surface area contributed by atoms with Crippen LogP contribution in [0.3, 0.4) is 0 Å². The van der Waals surface area contributed by atoms with Crippen molar-refractivity contribution in [2.45, 2.75) is 20.8 Å². The van der Waals surface area contributed by atoms with Gasteiger partial charge in [-0.05, 0) is 31.9 Å². The van der Waals surface area contributed by atoms with Gasteiger partial charge < -0.3 is 5.73 Å². The van der Waals surface area contributed by atoms with Crippen molar-refractivity contribution >= 4 is 17.1 Å². The van der Waals surface area contributed by atoms with Gasteiger partial charge in [0.1, 0.15) is 17.5 Å². The highest BCUT2D eigenvalue weighted by molar-refractivity contribution is 6.04. The van der Waals surface area contributed by atoms with Gasteiger partial charge in [-0.15, -0.1) is 0 Å². The minimum Gasteiger partial charge on any atom is -0.383 e. The molecule has 0 amide bonds. The van der Waals surface area contributed by atoms with E-state index in [4.69, 9.17) is 5.73 Å². The molecule has 0 atom stereocenters. The van der Waals surface area contributed by atoms with Crippen molar-refractivity contribution in [1.29, 1.82) is 5.26 Å². The minimum atomic E-state index is -0.0660. The molecule has 2 aromatic heterocycles. The number of Topliss-reactive ketones (excluding diaryl/α,β-unsaturated/α-hetero) is 1. The second-order valence-corrected chi connectivity index (χ2v) is 5.52. The molecule has 0 aliphatic carbocycles. The molecular formula is C18H16N4O. The first-order chi connectivity index (χ1) is 11.0. The number of carbonyl (C=O) groups is 1. The number of benzene rings is 1. The molecule has 0 aliphatic heterocycles. The molecule has 0 aliphatic rings. The van der Waals surface area contributed by atoms with Crippen molar-refractivity contribution in [2.24, 2.45) is 0 Å². The van der Waals surface area contributed by atoms with Gasteiger partial charge in [0.15, 0.2) is 5.78 Å².